The molecular formula is C13H18BrClN2S. The van der Waals surface area contributed by atoms with E-state index in [0.29, 0.717) is 11.8 Å². The number of rotatable bonds is 3. The van der Waals surface area contributed by atoms with Crippen molar-refractivity contribution < 1.29 is 0 Å². The summed E-state index contributed by atoms with van der Waals surface area (Å²) in [5.74, 6) is 1.17. The SMILES string of the molecule is CC1CN(C(CN)c2ccc(Br)cc2Cl)CCS1. The molecule has 1 aliphatic rings. The van der Waals surface area contributed by atoms with Crippen molar-refractivity contribution in [1.29, 1.82) is 0 Å². The number of hydrogen-bond acceptors (Lipinski definition) is 3. The molecule has 2 atom stereocenters. The fraction of sp³-hybridized carbons (Fsp3) is 0.538. The quantitative estimate of drug-likeness (QED) is 0.905. The van der Waals surface area contributed by atoms with Gasteiger partial charge in [-0.1, -0.05) is 40.5 Å². The molecule has 2 N–H and O–H groups in total. The van der Waals surface area contributed by atoms with Gasteiger partial charge in [-0.3, -0.25) is 4.90 Å². The average molecular weight is 350 g/mol. The van der Waals surface area contributed by atoms with E-state index in [1.165, 1.54) is 5.75 Å². The Labute approximate surface area is 126 Å². The van der Waals surface area contributed by atoms with Crippen LogP contribution in [0.25, 0.3) is 0 Å². The Hall–Kier alpha value is 0.260. The van der Waals surface area contributed by atoms with Crippen LogP contribution in [0.2, 0.25) is 5.02 Å². The zero-order valence-corrected chi connectivity index (χ0v) is 13.6. The van der Waals surface area contributed by atoms with Gasteiger partial charge in [0.2, 0.25) is 0 Å². The summed E-state index contributed by atoms with van der Waals surface area (Å²) in [6.45, 7) is 5.05. The van der Waals surface area contributed by atoms with Crippen LogP contribution in [-0.4, -0.2) is 35.5 Å². The number of thioether (sulfide) groups is 1. The van der Waals surface area contributed by atoms with Crippen LogP contribution in [-0.2, 0) is 0 Å². The fourth-order valence-corrected chi connectivity index (χ4v) is 4.21. The summed E-state index contributed by atoms with van der Waals surface area (Å²) in [5.41, 5.74) is 7.11. The molecule has 0 aromatic heterocycles. The summed E-state index contributed by atoms with van der Waals surface area (Å²) in [7, 11) is 0. The molecule has 18 heavy (non-hydrogen) atoms. The molecule has 1 aromatic rings. The summed E-state index contributed by atoms with van der Waals surface area (Å²) in [5, 5.41) is 1.47. The predicted molar refractivity (Wildman–Crippen MR) is 84.4 cm³/mol. The molecule has 1 saturated heterocycles. The summed E-state index contributed by atoms with van der Waals surface area (Å²) in [6, 6.07) is 6.29. The Morgan fingerprint density at radius 2 is 2.39 bits per heavy atom. The molecule has 1 aliphatic heterocycles. The van der Waals surface area contributed by atoms with Gasteiger partial charge < -0.3 is 5.73 Å². The van der Waals surface area contributed by atoms with Gasteiger partial charge in [-0.25, -0.2) is 0 Å². The first-order valence-corrected chi connectivity index (χ1v) is 8.34. The first kappa shape index (κ1) is 14.7. The molecule has 2 unspecified atom stereocenters. The molecule has 0 aliphatic carbocycles. The summed E-state index contributed by atoms with van der Waals surface area (Å²) in [6.07, 6.45) is 0. The molecule has 0 spiro atoms. The van der Waals surface area contributed by atoms with Crippen LogP contribution in [0.3, 0.4) is 0 Å². The zero-order valence-electron chi connectivity index (χ0n) is 10.4. The standard InChI is InChI=1S/C13H18BrClN2S/c1-9-8-17(4-5-18-9)13(7-16)11-3-2-10(14)6-12(11)15/h2-3,6,9,13H,4-5,7-8,16H2,1H3. The van der Waals surface area contributed by atoms with Crippen LogP contribution in [0.1, 0.15) is 18.5 Å². The van der Waals surface area contributed by atoms with E-state index in [-0.39, 0.29) is 6.04 Å². The van der Waals surface area contributed by atoms with Crippen molar-refractivity contribution in [2.45, 2.75) is 18.2 Å². The third-order valence-corrected chi connectivity index (χ3v) is 5.21. The van der Waals surface area contributed by atoms with Crippen LogP contribution in [0.5, 0.6) is 0 Å². The van der Waals surface area contributed by atoms with Crippen LogP contribution >= 0.6 is 39.3 Å². The summed E-state index contributed by atoms with van der Waals surface area (Å²) in [4.78, 5) is 2.45. The molecule has 0 bridgehead atoms. The molecule has 2 rings (SSSR count). The maximum Gasteiger partial charge on any atom is 0.0486 e. The molecule has 0 saturated carbocycles. The first-order valence-electron chi connectivity index (χ1n) is 6.12. The van der Waals surface area contributed by atoms with E-state index >= 15 is 0 Å². The molecule has 1 heterocycles. The Balaban J connectivity index is 2.21. The molecule has 0 radical (unpaired) electrons. The lowest BCUT2D eigenvalue weighted by molar-refractivity contribution is 0.211. The highest BCUT2D eigenvalue weighted by Crippen LogP contribution is 2.32. The van der Waals surface area contributed by atoms with Crippen molar-refractivity contribution >= 4 is 39.3 Å². The van der Waals surface area contributed by atoms with Crippen molar-refractivity contribution in [3.8, 4) is 0 Å². The van der Waals surface area contributed by atoms with Gasteiger partial charge in [0, 0.05) is 46.2 Å². The Morgan fingerprint density at radius 3 is 3.00 bits per heavy atom. The van der Waals surface area contributed by atoms with E-state index in [1.807, 2.05) is 23.9 Å². The van der Waals surface area contributed by atoms with Gasteiger partial charge in [-0.2, -0.15) is 11.8 Å². The van der Waals surface area contributed by atoms with Gasteiger partial charge in [-0.15, -0.1) is 0 Å². The van der Waals surface area contributed by atoms with Gasteiger partial charge >= 0.3 is 0 Å². The Bertz CT molecular complexity index is 416. The maximum atomic E-state index is 6.34. The second-order valence-electron chi connectivity index (χ2n) is 4.59. The number of nitrogens with zero attached hydrogens (tertiary/aromatic N) is 1. The Morgan fingerprint density at radius 1 is 1.61 bits per heavy atom. The lowest BCUT2D eigenvalue weighted by Crippen LogP contribution is -2.42. The lowest BCUT2D eigenvalue weighted by Gasteiger charge is -2.37. The largest absolute Gasteiger partial charge is 0.329 e. The molecule has 100 valence electrons. The lowest BCUT2D eigenvalue weighted by atomic mass is 10.0. The average Bonchev–Trinajstić information content (AvgIpc) is 2.33. The monoisotopic (exact) mass is 348 g/mol. The van der Waals surface area contributed by atoms with Gasteiger partial charge in [0.15, 0.2) is 0 Å². The van der Waals surface area contributed by atoms with Crippen LogP contribution in [0, 0.1) is 0 Å². The second kappa shape index (κ2) is 6.62. The molecule has 1 aromatic carbocycles. The summed E-state index contributed by atoms with van der Waals surface area (Å²) < 4.78 is 1.01. The van der Waals surface area contributed by atoms with Crippen LogP contribution < -0.4 is 5.73 Å². The number of benzene rings is 1. The smallest absolute Gasteiger partial charge is 0.0486 e. The van der Waals surface area contributed by atoms with Crippen molar-refractivity contribution in [2.24, 2.45) is 5.73 Å². The van der Waals surface area contributed by atoms with Gasteiger partial charge in [-0.05, 0) is 17.7 Å². The van der Waals surface area contributed by atoms with E-state index in [0.717, 1.165) is 28.1 Å². The highest BCUT2D eigenvalue weighted by atomic mass is 79.9. The highest BCUT2D eigenvalue weighted by Gasteiger charge is 2.25. The maximum absolute atomic E-state index is 6.34. The molecule has 2 nitrogen and oxygen atoms in total. The number of hydrogen-bond donors (Lipinski definition) is 1. The molecule has 1 fully saturated rings. The number of nitrogens with two attached hydrogens (primary N) is 1. The minimum atomic E-state index is 0.231. The van der Waals surface area contributed by atoms with E-state index < -0.39 is 0 Å². The van der Waals surface area contributed by atoms with Crippen LogP contribution in [0.4, 0.5) is 0 Å². The summed E-state index contributed by atoms with van der Waals surface area (Å²) >= 11 is 11.8. The highest BCUT2D eigenvalue weighted by molar-refractivity contribution is 9.10. The molecule has 5 heteroatoms. The minimum absolute atomic E-state index is 0.231. The van der Waals surface area contributed by atoms with E-state index in [1.54, 1.807) is 0 Å². The normalized spacial score (nSPS) is 23.0. The predicted octanol–water partition coefficient (Wildman–Crippen LogP) is 3.54. The Kier molecular flexibility index (Phi) is 5.39. The zero-order chi connectivity index (χ0) is 13.1. The van der Waals surface area contributed by atoms with E-state index in [4.69, 9.17) is 17.3 Å². The van der Waals surface area contributed by atoms with Crippen molar-refractivity contribution in [3.63, 3.8) is 0 Å². The van der Waals surface area contributed by atoms with E-state index in [2.05, 4.69) is 33.8 Å². The molecular weight excluding hydrogens is 332 g/mol. The van der Waals surface area contributed by atoms with E-state index in [9.17, 15) is 0 Å². The van der Waals surface area contributed by atoms with Gasteiger partial charge in [0.05, 0.1) is 0 Å². The first-order chi connectivity index (χ1) is 8.61. The number of halogens is 2. The third kappa shape index (κ3) is 3.42. The molecule has 0 amide bonds. The second-order valence-corrected chi connectivity index (χ2v) is 7.46. The van der Waals surface area contributed by atoms with Crippen LogP contribution in [0.15, 0.2) is 22.7 Å². The van der Waals surface area contributed by atoms with Crippen molar-refractivity contribution in [3.05, 3.63) is 33.3 Å². The van der Waals surface area contributed by atoms with Gasteiger partial charge in [0.25, 0.3) is 0 Å². The fourth-order valence-electron chi connectivity index (χ4n) is 2.37. The van der Waals surface area contributed by atoms with Gasteiger partial charge in [0.1, 0.15) is 0 Å². The minimum Gasteiger partial charge on any atom is -0.329 e. The third-order valence-electron chi connectivity index (χ3n) is 3.26. The van der Waals surface area contributed by atoms with Crippen molar-refractivity contribution in [1.82, 2.24) is 4.90 Å². The van der Waals surface area contributed by atoms with Crippen molar-refractivity contribution in [2.75, 3.05) is 25.4 Å². The topological polar surface area (TPSA) is 29.3 Å².